The zero-order valence-corrected chi connectivity index (χ0v) is 35.3. The van der Waals surface area contributed by atoms with Gasteiger partial charge in [-0.2, -0.15) is 8.42 Å². The summed E-state index contributed by atoms with van der Waals surface area (Å²) in [4.78, 5) is 13.1. The summed E-state index contributed by atoms with van der Waals surface area (Å²) in [6, 6.07) is -1.15. The van der Waals surface area contributed by atoms with Gasteiger partial charge < -0.3 is 40.3 Å². The molecule has 1 amide bonds. The van der Waals surface area contributed by atoms with Gasteiger partial charge in [-0.15, -0.1) is 0 Å². The molecular weight excluding hydrogens is 755 g/mol. The maximum absolute atomic E-state index is 13.1. The number of aliphatic hydroxyl groups excluding tert-OH is 5. The fourth-order valence-corrected chi connectivity index (χ4v) is 6.66. The molecule has 13 nitrogen and oxygen atoms in total. The largest absolute Gasteiger partial charge is 0.397 e. The molecule has 1 heterocycles. The number of allylic oxidation sites excluding steroid dienone is 9. The zero-order valence-electron chi connectivity index (χ0n) is 34.5. The lowest BCUT2D eigenvalue weighted by Crippen LogP contribution is -2.61. The SMILES string of the molecule is CCCC/C=C/CC/C=C/CC/C=C/C(O)C(COC1OC(CO)C(O)C(OS(=O)(=O)O)C1O)NC(=O)C(O)CCCCCCCC/C=C\C/C=C\CCCCC. The number of unbranched alkanes of at least 4 members (excludes halogenated alkanes) is 13. The van der Waals surface area contributed by atoms with Crippen LogP contribution in [0.4, 0.5) is 0 Å². The van der Waals surface area contributed by atoms with Gasteiger partial charge >= 0.3 is 10.4 Å². The van der Waals surface area contributed by atoms with Crippen molar-refractivity contribution in [2.24, 2.45) is 0 Å². The summed E-state index contributed by atoms with van der Waals surface area (Å²) in [6.45, 7) is 3.08. The van der Waals surface area contributed by atoms with Gasteiger partial charge in [0.1, 0.15) is 30.5 Å². The second kappa shape index (κ2) is 33.6. The van der Waals surface area contributed by atoms with Gasteiger partial charge in [0.2, 0.25) is 5.91 Å². The van der Waals surface area contributed by atoms with E-state index in [9.17, 15) is 38.7 Å². The first kappa shape index (κ1) is 52.8. The minimum atomic E-state index is -5.12. The number of ether oxygens (including phenoxy) is 2. The van der Waals surface area contributed by atoms with E-state index < -0.39 is 78.5 Å². The lowest BCUT2D eigenvalue weighted by Gasteiger charge is -2.41. The number of hydrogen-bond donors (Lipinski definition) is 7. The molecule has 1 saturated heterocycles. The van der Waals surface area contributed by atoms with Crippen molar-refractivity contribution >= 4 is 16.3 Å². The molecule has 8 atom stereocenters. The Morgan fingerprint density at radius 1 is 0.719 bits per heavy atom. The molecule has 0 bridgehead atoms. The van der Waals surface area contributed by atoms with E-state index in [1.54, 1.807) is 6.08 Å². The molecule has 1 rings (SSSR count). The summed E-state index contributed by atoms with van der Waals surface area (Å²) in [7, 11) is -5.12. The summed E-state index contributed by atoms with van der Waals surface area (Å²) in [5, 5.41) is 55.0. The topological polar surface area (TPSA) is 212 Å². The molecule has 57 heavy (non-hydrogen) atoms. The van der Waals surface area contributed by atoms with Crippen LogP contribution in [-0.2, 0) is 28.9 Å². The van der Waals surface area contributed by atoms with Gasteiger partial charge in [0.05, 0.1) is 25.4 Å². The monoisotopic (exact) mass is 830 g/mol. The van der Waals surface area contributed by atoms with Gasteiger partial charge in [0.25, 0.3) is 0 Å². The number of carbonyl (C=O) groups is 1. The molecule has 0 aromatic rings. The smallest absolute Gasteiger partial charge is 0.394 e. The highest BCUT2D eigenvalue weighted by molar-refractivity contribution is 7.80. The van der Waals surface area contributed by atoms with Gasteiger partial charge in [-0.05, 0) is 70.6 Å². The molecule has 0 saturated carbocycles. The average molecular weight is 830 g/mol. The third-order valence-electron chi connectivity index (χ3n) is 9.61. The van der Waals surface area contributed by atoms with E-state index in [0.29, 0.717) is 12.8 Å². The number of carbonyl (C=O) groups excluding carboxylic acids is 1. The van der Waals surface area contributed by atoms with Crippen LogP contribution < -0.4 is 5.32 Å². The minimum absolute atomic E-state index is 0.218. The van der Waals surface area contributed by atoms with Crippen LogP contribution in [0.3, 0.4) is 0 Å². The Morgan fingerprint density at radius 2 is 1.25 bits per heavy atom. The van der Waals surface area contributed by atoms with E-state index >= 15 is 0 Å². The summed E-state index contributed by atoms with van der Waals surface area (Å²) >= 11 is 0. The number of aliphatic hydroxyl groups is 5. The molecule has 0 aromatic heterocycles. The van der Waals surface area contributed by atoms with Crippen molar-refractivity contribution in [1.82, 2.24) is 5.32 Å². The lowest BCUT2D eigenvalue weighted by molar-refractivity contribution is -0.298. The summed E-state index contributed by atoms with van der Waals surface area (Å²) in [6.07, 6.45) is 28.8. The molecule has 0 radical (unpaired) electrons. The van der Waals surface area contributed by atoms with Crippen molar-refractivity contribution < 1.29 is 57.0 Å². The van der Waals surface area contributed by atoms with E-state index in [2.05, 4.69) is 72.0 Å². The first-order valence-corrected chi connectivity index (χ1v) is 22.6. The van der Waals surface area contributed by atoms with Gasteiger partial charge in [0, 0.05) is 0 Å². The Morgan fingerprint density at radius 3 is 1.84 bits per heavy atom. The number of hydrogen-bond acceptors (Lipinski definition) is 11. The Hall–Kier alpha value is -2.24. The van der Waals surface area contributed by atoms with Crippen LogP contribution in [0.1, 0.15) is 142 Å². The normalized spacial score (nSPS) is 22.4. The highest BCUT2D eigenvalue weighted by Gasteiger charge is 2.48. The first-order chi connectivity index (χ1) is 27.4. The second-order valence-electron chi connectivity index (χ2n) is 14.7. The van der Waals surface area contributed by atoms with Crippen molar-refractivity contribution in [1.29, 1.82) is 0 Å². The Labute approximate surface area is 342 Å². The third-order valence-corrected chi connectivity index (χ3v) is 10.1. The van der Waals surface area contributed by atoms with Crippen LogP contribution in [0.25, 0.3) is 0 Å². The van der Waals surface area contributed by atoms with Crippen LogP contribution in [-0.4, -0.2) is 107 Å². The van der Waals surface area contributed by atoms with Crippen LogP contribution in [0.2, 0.25) is 0 Å². The molecular formula is C43H75NO12S. The van der Waals surface area contributed by atoms with Gasteiger partial charge in [-0.25, -0.2) is 4.18 Å². The summed E-state index contributed by atoms with van der Waals surface area (Å²) in [5.41, 5.74) is 0. The molecule has 330 valence electrons. The van der Waals surface area contributed by atoms with Crippen molar-refractivity contribution in [3.63, 3.8) is 0 Å². The van der Waals surface area contributed by atoms with Crippen molar-refractivity contribution in [2.75, 3.05) is 13.2 Å². The van der Waals surface area contributed by atoms with Crippen molar-refractivity contribution in [2.45, 2.75) is 191 Å². The Balaban J connectivity index is 2.67. The van der Waals surface area contributed by atoms with Crippen LogP contribution >= 0.6 is 0 Å². The predicted octanol–water partition coefficient (Wildman–Crippen LogP) is 6.46. The third kappa shape index (κ3) is 26.5. The molecule has 8 unspecified atom stereocenters. The zero-order chi connectivity index (χ0) is 42.2. The summed E-state index contributed by atoms with van der Waals surface area (Å²) < 4.78 is 47.3. The predicted molar refractivity (Wildman–Crippen MR) is 223 cm³/mol. The van der Waals surface area contributed by atoms with Gasteiger partial charge in [0.15, 0.2) is 6.29 Å². The number of nitrogens with one attached hydrogen (secondary N) is 1. The van der Waals surface area contributed by atoms with Crippen LogP contribution in [0.15, 0.2) is 60.8 Å². The number of rotatable bonds is 34. The second-order valence-corrected chi connectivity index (χ2v) is 15.7. The maximum atomic E-state index is 13.1. The van der Waals surface area contributed by atoms with Crippen molar-refractivity contribution in [3.05, 3.63) is 60.8 Å². The van der Waals surface area contributed by atoms with E-state index in [-0.39, 0.29) is 6.42 Å². The van der Waals surface area contributed by atoms with Gasteiger partial charge in [-0.1, -0.05) is 132 Å². The minimum Gasteiger partial charge on any atom is -0.394 e. The molecule has 0 aromatic carbocycles. The van der Waals surface area contributed by atoms with E-state index in [1.165, 1.54) is 38.2 Å². The van der Waals surface area contributed by atoms with Crippen LogP contribution in [0.5, 0.6) is 0 Å². The molecule has 14 heteroatoms. The van der Waals surface area contributed by atoms with Gasteiger partial charge in [-0.3, -0.25) is 9.35 Å². The molecule has 1 aliphatic heterocycles. The molecule has 0 spiro atoms. The Kier molecular flexibility index (Phi) is 31.1. The highest BCUT2D eigenvalue weighted by atomic mass is 32.3. The number of amides is 1. The van der Waals surface area contributed by atoms with E-state index in [4.69, 9.17) is 14.0 Å². The lowest BCUT2D eigenvalue weighted by atomic mass is 9.99. The fraction of sp³-hybridized carbons (Fsp3) is 0.744. The first-order valence-electron chi connectivity index (χ1n) is 21.3. The Bertz CT molecular complexity index is 1270. The van der Waals surface area contributed by atoms with E-state index in [1.807, 2.05) is 0 Å². The van der Waals surface area contributed by atoms with E-state index in [0.717, 1.165) is 77.0 Å². The molecule has 7 N–H and O–H groups in total. The molecule has 0 aliphatic carbocycles. The molecule has 1 aliphatic rings. The highest BCUT2D eigenvalue weighted by Crippen LogP contribution is 2.26. The fourth-order valence-electron chi connectivity index (χ4n) is 6.15. The molecule has 1 fully saturated rings. The quantitative estimate of drug-likeness (QED) is 0.0212. The van der Waals surface area contributed by atoms with Crippen molar-refractivity contribution in [3.8, 4) is 0 Å². The van der Waals surface area contributed by atoms with Crippen LogP contribution in [0, 0.1) is 0 Å². The summed E-state index contributed by atoms with van der Waals surface area (Å²) in [5.74, 6) is -0.730. The maximum Gasteiger partial charge on any atom is 0.397 e. The standard InChI is InChI=1S/C43H75NO12S/c1-3-5-7-9-11-13-15-17-18-19-20-22-24-26-28-30-32-37(47)42(50)44-35(36(46)31-29-27-25-23-21-16-14-12-10-8-6-4-2)34-54-43-40(49)41(56-57(51,52)53)39(48)38(33-45)55-43/h10-13,17-18,21,23,29,31,35-41,43,45-49H,3-9,14-16,19-20,22,24-28,30,32-34H2,1-2H3,(H,44,50)(H,51,52,53)/b12-10+,13-11-,18-17-,23-21+,31-29+. The average Bonchev–Trinajstić information content (AvgIpc) is 3.18.